The monoisotopic (exact) mass is 310 g/mol. The van der Waals surface area contributed by atoms with Crippen molar-refractivity contribution in [1.82, 2.24) is 10.3 Å². The van der Waals surface area contributed by atoms with Crippen LogP contribution >= 0.6 is 11.3 Å². The van der Waals surface area contributed by atoms with Gasteiger partial charge in [-0.15, -0.1) is 11.3 Å². The molecule has 0 saturated heterocycles. The fourth-order valence-corrected chi connectivity index (χ4v) is 4.72. The van der Waals surface area contributed by atoms with E-state index in [2.05, 4.69) is 33.0 Å². The first kappa shape index (κ1) is 16.9. The molecule has 1 saturated carbocycles. The van der Waals surface area contributed by atoms with E-state index in [9.17, 15) is 0 Å². The second-order valence-corrected chi connectivity index (χ2v) is 8.14. The van der Waals surface area contributed by atoms with E-state index in [0.717, 1.165) is 26.0 Å². The number of hydrogen-bond donors (Lipinski definition) is 1. The molecule has 1 N–H and O–H groups in total. The van der Waals surface area contributed by atoms with Crippen molar-refractivity contribution in [3.63, 3.8) is 0 Å². The highest BCUT2D eigenvalue weighted by molar-refractivity contribution is 7.11. The van der Waals surface area contributed by atoms with Gasteiger partial charge in [0.05, 0.1) is 5.69 Å². The minimum atomic E-state index is -0.121. The number of thiazole rings is 1. The quantitative estimate of drug-likeness (QED) is 0.877. The smallest absolute Gasteiger partial charge is 0.125 e. The van der Waals surface area contributed by atoms with Gasteiger partial charge in [0.2, 0.25) is 0 Å². The van der Waals surface area contributed by atoms with Gasteiger partial charge in [0.25, 0.3) is 0 Å². The molecule has 0 aromatic carbocycles. The zero-order valence-corrected chi connectivity index (χ0v) is 15.0. The largest absolute Gasteiger partial charge is 0.368 e. The summed E-state index contributed by atoms with van der Waals surface area (Å²) >= 11 is 1.86. The highest BCUT2D eigenvalue weighted by Crippen LogP contribution is 2.44. The van der Waals surface area contributed by atoms with Gasteiger partial charge < -0.3 is 10.1 Å². The number of rotatable bonds is 5. The Balaban J connectivity index is 2.41. The van der Waals surface area contributed by atoms with Crippen LogP contribution in [0, 0.1) is 0 Å². The first-order chi connectivity index (χ1) is 9.93. The molecule has 0 spiro atoms. The maximum absolute atomic E-state index is 6.24. The molecule has 4 heteroatoms. The van der Waals surface area contributed by atoms with Gasteiger partial charge in [-0.2, -0.15) is 0 Å². The van der Waals surface area contributed by atoms with Crippen molar-refractivity contribution in [2.45, 2.75) is 77.4 Å². The summed E-state index contributed by atoms with van der Waals surface area (Å²) in [5.41, 5.74) is 1.20. The lowest BCUT2D eigenvalue weighted by Gasteiger charge is -2.35. The van der Waals surface area contributed by atoms with E-state index < -0.39 is 0 Å². The fraction of sp³-hybridized carbons (Fsp3) is 0.824. The lowest BCUT2D eigenvalue weighted by molar-refractivity contribution is -0.0705. The Morgan fingerprint density at radius 1 is 1.24 bits per heavy atom. The second kappa shape index (κ2) is 6.76. The van der Waals surface area contributed by atoms with Crippen LogP contribution in [0.3, 0.4) is 0 Å². The highest BCUT2D eigenvalue weighted by atomic mass is 32.1. The molecule has 1 aliphatic rings. The average molecular weight is 311 g/mol. The van der Waals surface area contributed by atoms with Crippen LogP contribution in [-0.2, 0) is 22.3 Å². The second-order valence-electron chi connectivity index (χ2n) is 7.06. The normalized spacial score (nSPS) is 18.9. The SMILES string of the molecule is CCOC1(c2nc(C(C)(C)C)c(CNC)s2)CCCCC1. The molecule has 2 rings (SSSR count). The molecule has 0 atom stereocenters. The van der Waals surface area contributed by atoms with Gasteiger partial charge in [0.15, 0.2) is 0 Å². The maximum Gasteiger partial charge on any atom is 0.125 e. The lowest BCUT2D eigenvalue weighted by atomic mass is 9.84. The molecule has 3 nitrogen and oxygen atoms in total. The topological polar surface area (TPSA) is 34.1 Å². The van der Waals surface area contributed by atoms with Gasteiger partial charge in [-0.05, 0) is 26.8 Å². The zero-order chi connectivity index (χ0) is 15.5. The minimum absolute atomic E-state index is 0.0863. The lowest BCUT2D eigenvalue weighted by Crippen LogP contribution is -2.32. The standard InChI is InChI=1S/C17H30N2OS/c1-6-20-17(10-8-7-9-11-17)15-19-14(16(2,3)4)13(21-15)12-18-5/h18H,6-12H2,1-5H3. The first-order valence-electron chi connectivity index (χ1n) is 8.22. The van der Waals surface area contributed by atoms with Gasteiger partial charge in [0.1, 0.15) is 10.6 Å². The van der Waals surface area contributed by atoms with E-state index in [1.165, 1.54) is 34.8 Å². The van der Waals surface area contributed by atoms with Crippen LogP contribution in [0.15, 0.2) is 0 Å². The molecule has 1 heterocycles. The molecule has 0 bridgehead atoms. The van der Waals surface area contributed by atoms with Crippen molar-refractivity contribution in [3.05, 3.63) is 15.6 Å². The summed E-state index contributed by atoms with van der Waals surface area (Å²) in [6, 6.07) is 0. The Morgan fingerprint density at radius 2 is 1.90 bits per heavy atom. The number of aromatic nitrogens is 1. The summed E-state index contributed by atoms with van der Waals surface area (Å²) in [7, 11) is 2.00. The third kappa shape index (κ3) is 3.66. The van der Waals surface area contributed by atoms with Crippen molar-refractivity contribution < 1.29 is 4.74 Å². The van der Waals surface area contributed by atoms with E-state index in [1.807, 2.05) is 18.4 Å². The number of hydrogen-bond acceptors (Lipinski definition) is 4. The molecule has 0 radical (unpaired) electrons. The van der Waals surface area contributed by atoms with Crippen molar-refractivity contribution in [2.24, 2.45) is 0 Å². The van der Waals surface area contributed by atoms with Crippen LogP contribution in [0.5, 0.6) is 0 Å². The fourth-order valence-electron chi connectivity index (χ4n) is 3.23. The Morgan fingerprint density at radius 3 is 2.43 bits per heavy atom. The summed E-state index contributed by atoms with van der Waals surface area (Å²) in [4.78, 5) is 6.43. The van der Waals surface area contributed by atoms with E-state index >= 15 is 0 Å². The molecular weight excluding hydrogens is 280 g/mol. The molecule has 0 aliphatic heterocycles. The van der Waals surface area contributed by atoms with Gasteiger partial charge in [-0.1, -0.05) is 40.0 Å². The van der Waals surface area contributed by atoms with Crippen molar-refractivity contribution in [1.29, 1.82) is 0 Å². The summed E-state index contributed by atoms with van der Waals surface area (Å²) in [5, 5.41) is 4.49. The van der Waals surface area contributed by atoms with Gasteiger partial charge in [-0.25, -0.2) is 4.98 Å². The molecule has 0 amide bonds. The molecular formula is C17H30N2OS. The number of nitrogens with zero attached hydrogens (tertiary/aromatic N) is 1. The molecule has 1 fully saturated rings. The molecule has 1 aromatic rings. The predicted molar refractivity (Wildman–Crippen MR) is 90.0 cm³/mol. The third-order valence-electron chi connectivity index (χ3n) is 4.22. The molecule has 21 heavy (non-hydrogen) atoms. The Bertz CT molecular complexity index is 450. The van der Waals surface area contributed by atoms with E-state index in [4.69, 9.17) is 9.72 Å². The van der Waals surface area contributed by atoms with Crippen LogP contribution in [-0.4, -0.2) is 18.6 Å². The van der Waals surface area contributed by atoms with E-state index in [-0.39, 0.29) is 11.0 Å². The predicted octanol–water partition coefficient (Wildman–Crippen LogP) is 4.36. The summed E-state index contributed by atoms with van der Waals surface area (Å²) < 4.78 is 6.24. The Labute approximate surface area is 133 Å². The third-order valence-corrected chi connectivity index (χ3v) is 5.46. The number of nitrogens with one attached hydrogen (secondary N) is 1. The molecule has 120 valence electrons. The van der Waals surface area contributed by atoms with Crippen molar-refractivity contribution in [3.8, 4) is 0 Å². The Kier molecular flexibility index (Phi) is 5.44. The first-order valence-corrected chi connectivity index (χ1v) is 9.04. The molecule has 1 aliphatic carbocycles. The van der Waals surface area contributed by atoms with Crippen LogP contribution in [0.1, 0.15) is 75.4 Å². The van der Waals surface area contributed by atoms with Crippen LogP contribution in [0.25, 0.3) is 0 Å². The van der Waals surface area contributed by atoms with Crippen molar-refractivity contribution in [2.75, 3.05) is 13.7 Å². The zero-order valence-electron chi connectivity index (χ0n) is 14.2. The summed E-state index contributed by atoms with van der Waals surface area (Å²) in [5.74, 6) is 0. The summed E-state index contributed by atoms with van der Waals surface area (Å²) in [6.07, 6.45) is 6.08. The van der Waals surface area contributed by atoms with Crippen LogP contribution in [0.4, 0.5) is 0 Å². The van der Waals surface area contributed by atoms with Crippen LogP contribution in [0.2, 0.25) is 0 Å². The minimum Gasteiger partial charge on any atom is -0.368 e. The highest BCUT2D eigenvalue weighted by Gasteiger charge is 2.39. The molecule has 0 unspecified atom stereocenters. The average Bonchev–Trinajstić information content (AvgIpc) is 2.85. The maximum atomic E-state index is 6.24. The molecule has 1 aromatic heterocycles. The van der Waals surface area contributed by atoms with Gasteiger partial charge >= 0.3 is 0 Å². The van der Waals surface area contributed by atoms with Crippen molar-refractivity contribution >= 4 is 11.3 Å². The Hall–Kier alpha value is -0.450. The summed E-state index contributed by atoms with van der Waals surface area (Å²) in [6.45, 7) is 10.5. The van der Waals surface area contributed by atoms with Gasteiger partial charge in [0, 0.05) is 23.4 Å². The van der Waals surface area contributed by atoms with E-state index in [1.54, 1.807) is 0 Å². The van der Waals surface area contributed by atoms with Gasteiger partial charge in [-0.3, -0.25) is 0 Å². The van der Waals surface area contributed by atoms with Crippen LogP contribution < -0.4 is 5.32 Å². The number of ether oxygens (including phenoxy) is 1. The van der Waals surface area contributed by atoms with E-state index in [0.29, 0.717) is 0 Å².